The van der Waals surface area contributed by atoms with Crippen molar-refractivity contribution in [1.29, 1.82) is 0 Å². The fourth-order valence-electron chi connectivity index (χ4n) is 5.92. The average Bonchev–Trinajstić information content (AvgIpc) is 2.59. The second-order valence-electron chi connectivity index (χ2n) is 9.09. The van der Waals surface area contributed by atoms with Crippen LogP contribution in [0, 0.1) is 17.8 Å². The normalized spacial score (nSPS) is 32.3. The minimum atomic E-state index is -3.66. The van der Waals surface area contributed by atoms with Crippen molar-refractivity contribution in [3.63, 3.8) is 0 Å². The summed E-state index contributed by atoms with van der Waals surface area (Å²) < 4.78 is 22.9. The lowest BCUT2D eigenvalue weighted by Crippen LogP contribution is -2.50. The van der Waals surface area contributed by atoms with Gasteiger partial charge in [0.15, 0.2) is 0 Å². The van der Waals surface area contributed by atoms with E-state index in [0.717, 1.165) is 23.3 Å². The van der Waals surface area contributed by atoms with Gasteiger partial charge < -0.3 is 5.32 Å². The second-order valence-corrected chi connectivity index (χ2v) is 12.5. The molecule has 4 aliphatic carbocycles. The molecule has 1 aromatic rings. The fraction of sp³-hybridized carbons (Fsp3) is 0.667. The predicted octanol–water partition coefficient (Wildman–Crippen LogP) is 3.08. The Morgan fingerprint density at radius 1 is 1.14 bits per heavy atom. The van der Waals surface area contributed by atoms with Gasteiger partial charge in [0.05, 0.1) is 10.1 Å². The highest BCUT2D eigenvalue weighted by Gasteiger charge is 2.52. The van der Waals surface area contributed by atoms with Crippen LogP contribution >= 0.6 is 11.8 Å². The van der Waals surface area contributed by atoms with Gasteiger partial charge in [-0.15, -0.1) is 11.8 Å². The fourth-order valence-corrected chi connectivity index (χ4v) is 8.38. The molecular weight excluding hydrogens is 392 g/mol. The van der Waals surface area contributed by atoms with Crippen molar-refractivity contribution in [2.45, 2.75) is 66.8 Å². The Morgan fingerprint density at radius 2 is 1.68 bits per heavy atom. The third kappa shape index (κ3) is 4.41. The smallest absolute Gasteiger partial charge is 0.238 e. The molecule has 5 nitrogen and oxygen atoms in total. The number of carbonyl (C=O) groups is 1. The molecule has 4 fully saturated rings. The first-order valence-electron chi connectivity index (χ1n) is 10.3. The number of carbonyl (C=O) groups excluding carboxylic acids is 1. The van der Waals surface area contributed by atoms with Crippen molar-refractivity contribution >= 4 is 27.7 Å². The van der Waals surface area contributed by atoms with Gasteiger partial charge in [0.25, 0.3) is 0 Å². The van der Waals surface area contributed by atoms with E-state index in [1.54, 1.807) is 12.1 Å². The number of nitrogens with one attached hydrogen (secondary N) is 1. The van der Waals surface area contributed by atoms with Crippen LogP contribution in [0.3, 0.4) is 0 Å². The average molecular weight is 423 g/mol. The van der Waals surface area contributed by atoms with Gasteiger partial charge in [0.2, 0.25) is 15.9 Å². The van der Waals surface area contributed by atoms with Gasteiger partial charge in [-0.2, -0.15) is 0 Å². The summed E-state index contributed by atoms with van der Waals surface area (Å²) >= 11 is 1.92. The van der Waals surface area contributed by atoms with Crippen molar-refractivity contribution in [3.8, 4) is 0 Å². The number of hydrogen-bond acceptors (Lipinski definition) is 4. The maximum absolute atomic E-state index is 12.6. The molecule has 4 bridgehead atoms. The van der Waals surface area contributed by atoms with Crippen LogP contribution in [-0.4, -0.2) is 30.9 Å². The van der Waals surface area contributed by atoms with Gasteiger partial charge in [0, 0.05) is 11.3 Å². The lowest BCUT2D eigenvalue weighted by atomic mass is 9.56. The van der Waals surface area contributed by atoms with Gasteiger partial charge in [-0.3, -0.25) is 4.79 Å². The van der Waals surface area contributed by atoms with Crippen molar-refractivity contribution in [3.05, 3.63) is 29.8 Å². The number of primary sulfonamides is 1. The van der Waals surface area contributed by atoms with Gasteiger partial charge in [-0.25, -0.2) is 13.6 Å². The van der Waals surface area contributed by atoms with Crippen LogP contribution in [0.25, 0.3) is 0 Å². The summed E-state index contributed by atoms with van der Waals surface area (Å²) in [7, 11) is -3.66. The molecule has 7 heteroatoms. The molecule has 4 saturated carbocycles. The minimum absolute atomic E-state index is 0.0268. The first-order chi connectivity index (χ1) is 13.2. The standard InChI is InChI=1S/C21H30N2O3S2/c1-14(27-21-11-16-8-17(12-21)10-18(9-16)13-21)20(24)23-7-6-15-2-4-19(5-3-15)28(22,25)26/h2-5,14,16-18H,6-13H2,1H3,(H,23,24)(H2,22,25,26)/t14-,16?,17?,18?,21?/m0/s1. The van der Waals surface area contributed by atoms with Crippen LogP contribution in [0.15, 0.2) is 29.2 Å². The zero-order valence-electron chi connectivity index (χ0n) is 16.4. The van der Waals surface area contributed by atoms with Crippen LogP contribution in [0.5, 0.6) is 0 Å². The van der Waals surface area contributed by atoms with Crippen LogP contribution in [0.2, 0.25) is 0 Å². The topological polar surface area (TPSA) is 89.3 Å². The van der Waals surface area contributed by atoms with E-state index in [2.05, 4.69) is 5.32 Å². The van der Waals surface area contributed by atoms with Crippen molar-refractivity contribution in [2.24, 2.45) is 22.9 Å². The van der Waals surface area contributed by atoms with Gasteiger partial charge in [-0.05, 0) is 87.3 Å². The minimum Gasteiger partial charge on any atom is -0.355 e. The Bertz CT molecular complexity index is 800. The number of sulfonamides is 1. The molecule has 0 aromatic heterocycles. The van der Waals surface area contributed by atoms with Crippen molar-refractivity contribution in [2.75, 3.05) is 6.54 Å². The molecule has 0 spiro atoms. The van der Waals surface area contributed by atoms with Gasteiger partial charge in [0.1, 0.15) is 0 Å². The Balaban J connectivity index is 1.26. The zero-order chi connectivity index (χ0) is 19.9. The molecule has 28 heavy (non-hydrogen) atoms. The third-order valence-corrected chi connectivity index (χ3v) is 9.24. The monoisotopic (exact) mass is 422 g/mol. The number of nitrogens with two attached hydrogens (primary N) is 1. The highest BCUT2D eigenvalue weighted by Crippen LogP contribution is 2.61. The van der Waals surface area contributed by atoms with E-state index in [0.29, 0.717) is 17.7 Å². The van der Waals surface area contributed by atoms with E-state index < -0.39 is 10.0 Å². The number of thioether (sulfide) groups is 1. The Hall–Kier alpha value is -1.05. The summed E-state index contributed by atoms with van der Waals surface area (Å²) in [4.78, 5) is 12.7. The number of amides is 1. The number of benzene rings is 1. The van der Waals surface area contributed by atoms with Crippen LogP contribution in [-0.2, 0) is 21.2 Å². The van der Waals surface area contributed by atoms with Gasteiger partial charge in [-0.1, -0.05) is 12.1 Å². The Morgan fingerprint density at radius 3 is 2.18 bits per heavy atom. The Labute approximate surface area is 172 Å². The van der Waals surface area contributed by atoms with Crippen LogP contribution < -0.4 is 10.5 Å². The summed E-state index contributed by atoms with van der Waals surface area (Å²) in [6.45, 7) is 2.60. The molecule has 0 aliphatic heterocycles. The molecule has 0 unspecified atom stereocenters. The summed E-state index contributed by atoms with van der Waals surface area (Å²) in [5.41, 5.74) is 0.981. The molecule has 4 aliphatic rings. The SMILES string of the molecule is C[C@H](SC12CC3CC(CC(C3)C1)C2)C(=O)NCCc1ccc(S(N)(=O)=O)cc1. The molecule has 0 radical (unpaired) electrons. The van der Waals surface area contributed by atoms with E-state index in [4.69, 9.17) is 5.14 Å². The first-order valence-corrected chi connectivity index (χ1v) is 12.7. The molecule has 1 amide bonds. The molecular formula is C21H30N2O3S2. The Kier molecular flexibility index (Phi) is 5.53. The van der Waals surface area contributed by atoms with E-state index >= 15 is 0 Å². The van der Waals surface area contributed by atoms with E-state index in [1.807, 2.05) is 18.7 Å². The molecule has 1 aromatic carbocycles. The molecule has 0 heterocycles. The van der Waals surface area contributed by atoms with E-state index in [9.17, 15) is 13.2 Å². The van der Waals surface area contributed by atoms with E-state index in [1.165, 1.54) is 50.7 Å². The quantitative estimate of drug-likeness (QED) is 0.707. The molecule has 0 saturated heterocycles. The van der Waals surface area contributed by atoms with Crippen LogP contribution in [0.4, 0.5) is 0 Å². The predicted molar refractivity (Wildman–Crippen MR) is 112 cm³/mol. The summed E-state index contributed by atoms with van der Waals surface area (Å²) in [6.07, 6.45) is 8.85. The summed E-state index contributed by atoms with van der Waals surface area (Å²) in [5.74, 6) is 2.81. The molecule has 154 valence electrons. The summed E-state index contributed by atoms with van der Waals surface area (Å²) in [6, 6.07) is 6.52. The number of rotatable bonds is 7. The molecule has 3 N–H and O–H groups in total. The third-order valence-electron chi connectivity index (χ3n) is 6.74. The maximum atomic E-state index is 12.6. The summed E-state index contributed by atoms with van der Waals surface area (Å²) in [5, 5.41) is 8.14. The first kappa shape index (κ1) is 20.2. The number of hydrogen-bond donors (Lipinski definition) is 2. The molecule has 5 rings (SSSR count). The zero-order valence-corrected chi connectivity index (χ0v) is 18.0. The molecule has 1 atom stereocenters. The lowest BCUT2D eigenvalue weighted by molar-refractivity contribution is -0.120. The van der Waals surface area contributed by atoms with Crippen LogP contribution in [0.1, 0.15) is 51.0 Å². The van der Waals surface area contributed by atoms with Crippen molar-refractivity contribution < 1.29 is 13.2 Å². The van der Waals surface area contributed by atoms with Gasteiger partial charge >= 0.3 is 0 Å². The highest BCUT2D eigenvalue weighted by atomic mass is 32.2. The highest BCUT2D eigenvalue weighted by molar-refractivity contribution is 8.01. The second kappa shape index (κ2) is 7.65. The van der Waals surface area contributed by atoms with E-state index in [-0.39, 0.29) is 16.1 Å². The lowest BCUT2D eigenvalue weighted by Gasteiger charge is -2.57. The van der Waals surface area contributed by atoms with Crippen molar-refractivity contribution in [1.82, 2.24) is 5.32 Å². The largest absolute Gasteiger partial charge is 0.355 e. The maximum Gasteiger partial charge on any atom is 0.238 e.